The fraction of sp³-hybridized carbons (Fsp3) is 0.818. The summed E-state index contributed by atoms with van der Waals surface area (Å²) >= 11 is 0. The number of hydrogen-bond donors (Lipinski definition) is 3. The summed E-state index contributed by atoms with van der Waals surface area (Å²) in [6, 6.07) is -0.407. The van der Waals surface area contributed by atoms with E-state index in [1.54, 1.807) is 7.05 Å². The Hall–Kier alpha value is -1.10. The Bertz CT molecular complexity index is 219. The molecule has 0 bridgehead atoms. The Morgan fingerprint density at radius 2 is 2.00 bits per heavy atom. The van der Waals surface area contributed by atoms with Crippen LogP contribution in [0.1, 0.15) is 39.0 Å². The van der Waals surface area contributed by atoms with E-state index in [-0.39, 0.29) is 11.8 Å². The van der Waals surface area contributed by atoms with Crippen LogP contribution in [0, 0.1) is 0 Å². The predicted molar refractivity (Wildman–Crippen MR) is 63.8 cm³/mol. The Kier molecular flexibility index (Phi) is 8.52. The summed E-state index contributed by atoms with van der Waals surface area (Å²) in [5.74, 6) is -0.232. The van der Waals surface area contributed by atoms with Crippen LogP contribution in [0.2, 0.25) is 0 Å². The van der Waals surface area contributed by atoms with E-state index in [9.17, 15) is 9.59 Å². The molecule has 0 fully saturated rings. The number of carbonyl (C=O) groups excluding carboxylic acids is 2. The standard InChI is InChI=1S/C11H23N3O2/c1-3-4-6-9(11(16)13-2)14-10(15)7-5-8-12/h9H,3-8,12H2,1-2H3,(H,13,16)(H,14,15). The lowest BCUT2D eigenvalue weighted by Gasteiger charge is -2.16. The van der Waals surface area contributed by atoms with Crippen LogP contribution in [0.3, 0.4) is 0 Å². The highest BCUT2D eigenvalue weighted by Crippen LogP contribution is 2.01. The lowest BCUT2D eigenvalue weighted by Crippen LogP contribution is -2.45. The molecule has 0 aliphatic rings. The molecular formula is C11H23N3O2. The van der Waals surface area contributed by atoms with Crippen molar-refractivity contribution in [3.63, 3.8) is 0 Å². The van der Waals surface area contributed by atoms with E-state index in [1.807, 2.05) is 0 Å². The van der Waals surface area contributed by atoms with Crippen molar-refractivity contribution in [2.24, 2.45) is 5.73 Å². The summed E-state index contributed by atoms with van der Waals surface area (Å²) in [4.78, 5) is 22.9. The second-order valence-corrected chi connectivity index (χ2v) is 3.77. The number of nitrogens with one attached hydrogen (secondary N) is 2. The highest BCUT2D eigenvalue weighted by atomic mass is 16.2. The van der Waals surface area contributed by atoms with Gasteiger partial charge in [-0.3, -0.25) is 9.59 Å². The molecule has 0 spiro atoms. The number of carbonyl (C=O) groups is 2. The maximum Gasteiger partial charge on any atom is 0.242 e. The zero-order valence-electron chi connectivity index (χ0n) is 10.2. The third-order valence-corrected chi connectivity index (χ3v) is 2.35. The van der Waals surface area contributed by atoms with Crippen molar-refractivity contribution < 1.29 is 9.59 Å². The lowest BCUT2D eigenvalue weighted by atomic mass is 10.1. The SMILES string of the molecule is CCCCC(NC(=O)CCCN)C(=O)NC. The first-order chi connectivity index (χ1) is 7.65. The molecule has 0 saturated heterocycles. The zero-order chi connectivity index (χ0) is 12.4. The monoisotopic (exact) mass is 229 g/mol. The number of nitrogens with two attached hydrogens (primary N) is 1. The number of likely N-dealkylation sites (N-methyl/N-ethyl adjacent to an activating group) is 1. The van der Waals surface area contributed by atoms with Crippen molar-refractivity contribution in [2.75, 3.05) is 13.6 Å². The molecular weight excluding hydrogens is 206 g/mol. The largest absolute Gasteiger partial charge is 0.357 e. The van der Waals surface area contributed by atoms with Gasteiger partial charge in [-0.15, -0.1) is 0 Å². The first-order valence-corrected chi connectivity index (χ1v) is 5.86. The second kappa shape index (κ2) is 9.15. The van der Waals surface area contributed by atoms with Gasteiger partial charge in [0, 0.05) is 13.5 Å². The molecule has 0 aromatic heterocycles. The van der Waals surface area contributed by atoms with Crippen molar-refractivity contribution in [3.8, 4) is 0 Å². The van der Waals surface area contributed by atoms with Gasteiger partial charge in [-0.1, -0.05) is 19.8 Å². The van der Waals surface area contributed by atoms with Gasteiger partial charge < -0.3 is 16.4 Å². The Morgan fingerprint density at radius 3 is 2.50 bits per heavy atom. The summed E-state index contributed by atoms with van der Waals surface area (Å²) < 4.78 is 0. The minimum absolute atomic E-state index is 0.102. The minimum Gasteiger partial charge on any atom is -0.357 e. The summed E-state index contributed by atoms with van der Waals surface area (Å²) in [5, 5.41) is 5.29. The molecule has 1 atom stereocenters. The van der Waals surface area contributed by atoms with Crippen LogP contribution >= 0.6 is 0 Å². The molecule has 94 valence electrons. The molecule has 5 heteroatoms. The van der Waals surface area contributed by atoms with Gasteiger partial charge in [0.15, 0.2) is 0 Å². The van der Waals surface area contributed by atoms with Gasteiger partial charge in [-0.05, 0) is 19.4 Å². The predicted octanol–water partition coefficient (Wildman–Crippen LogP) is 0.146. The third-order valence-electron chi connectivity index (χ3n) is 2.35. The van der Waals surface area contributed by atoms with Crippen molar-refractivity contribution in [1.82, 2.24) is 10.6 Å². The molecule has 1 unspecified atom stereocenters. The molecule has 16 heavy (non-hydrogen) atoms. The first kappa shape index (κ1) is 14.9. The second-order valence-electron chi connectivity index (χ2n) is 3.77. The lowest BCUT2D eigenvalue weighted by molar-refractivity contribution is -0.128. The average molecular weight is 229 g/mol. The topological polar surface area (TPSA) is 84.2 Å². The van der Waals surface area contributed by atoms with Gasteiger partial charge >= 0.3 is 0 Å². The van der Waals surface area contributed by atoms with Crippen LogP contribution in [0.4, 0.5) is 0 Å². The average Bonchev–Trinajstić information content (AvgIpc) is 2.30. The van der Waals surface area contributed by atoms with E-state index >= 15 is 0 Å². The molecule has 0 heterocycles. The van der Waals surface area contributed by atoms with Crippen molar-refractivity contribution in [2.45, 2.75) is 45.1 Å². The highest BCUT2D eigenvalue weighted by Gasteiger charge is 2.18. The van der Waals surface area contributed by atoms with Crippen molar-refractivity contribution in [3.05, 3.63) is 0 Å². The van der Waals surface area contributed by atoms with Crippen LogP contribution < -0.4 is 16.4 Å². The molecule has 0 aliphatic heterocycles. The van der Waals surface area contributed by atoms with E-state index in [0.29, 0.717) is 25.8 Å². The number of amides is 2. The third kappa shape index (κ3) is 6.40. The number of rotatable bonds is 8. The highest BCUT2D eigenvalue weighted by molar-refractivity contribution is 5.87. The molecule has 5 nitrogen and oxygen atoms in total. The molecule has 0 aromatic carbocycles. The van der Waals surface area contributed by atoms with E-state index in [1.165, 1.54) is 0 Å². The van der Waals surface area contributed by atoms with Crippen LogP contribution in [0.5, 0.6) is 0 Å². The molecule has 2 amide bonds. The molecule has 0 rings (SSSR count). The molecule has 4 N–H and O–H groups in total. The maximum atomic E-state index is 11.5. The Morgan fingerprint density at radius 1 is 1.31 bits per heavy atom. The normalized spacial score (nSPS) is 11.9. The Balaban J connectivity index is 4.08. The summed E-state index contributed by atoms with van der Waals surface area (Å²) in [5.41, 5.74) is 5.31. The minimum atomic E-state index is -0.407. The van der Waals surface area contributed by atoms with Gasteiger partial charge in [0.1, 0.15) is 6.04 Å². The smallest absolute Gasteiger partial charge is 0.242 e. The number of hydrogen-bond acceptors (Lipinski definition) is 3. The molecule has 0 aliphatic carbocycles. The van der Waals surface area contributed by atoms with E-state index in [2.05, 4.69) is 17.6 Å². The van der Waals surface area contributed by atoms with Crippen LogP contribution in [-0.2, 0) is 9.59 Å². The Labute approximate surface area is 97.2 Å². The van der Waals surface area contributed by atoms with E-state index in [4.69, 9.17) is 5.73 Å². The fourth-order valence-corrected chi connectivity index (χ4v) is 1.38. The quantitative estimate of drug-likeness (QED) is 0.554. The van der Waals surface area contributed by atoms with Crippen LogP contribution in [0.25, 0.3) is 0 Å². The van der Waals surface area contributed by atoms with Crippen molar-refractivity contribution in [1.29, 1.82) is 0 Å². The molecule has 0 saturated carbocycles. The summed E-state index contributed by atoms with van der Waals surface area (Å²) in [6.07, 6.45) is 3.65. The number of unbranched alkanes of at least 4 members (excludes halogenated alkanes) is 1. The van der Waals surface area contributed by atoms with Gasteiger partial charge in [-0.2, -0.15) is 0 Å². The van der Waals surface area contributed by atoms with E-state index < -0.39 is 6.04 Å². The summed E-state index contributed by atoms with van der Waals surface area (Å²) in [6.45, 7) is 2.55. The fourth-order valence-electron chi connectivity index (χ4n) is 1.38. The summed E-state index contributed by atoms with van der Waals surface area (Å²) in [7, 11) is 1.58. The van der Waals surface area contributed by atoms with Gasteiger partial charge in [0.2, 0.25) is 11.8 Å². The van der Waals surface area contributed by atoms with Gasteiger partial charge in [0.05, 0.1) is 0 Å². The van der Waals surface area contributed by atoms with Gasteiger partial charge in [-0.25, -0.2) is 0 Å². The molecule has 0 radical (unpaired) electrons. The van der Waals surface area contributed by atoms with E-state index in [0.717, 1.165) is 12.8 Å². The molecule has 0 aromatic rings. The maximum absolute atomic E-state index is 11.5. The van der Waals surface area contributed by atoms with Gasteiger partial charge in [0.25, 0.3) is 0 Å². The van der Waals surface area contributed by atoms with Crippen LogP contribution in [-0.4, -0.2) is 31.4 Å². The zero-order valence-corrected chi connectivity index (χ0v) is 10.2. The first-order valence-electron chi connectivity index (χ1n) is 5.86. The van der Waals surface area contributed by atoms with Crippen molar-refractivity contribution >= 4 is 11.8 Å². The van der Waals surface area contributed by atoms with Crippen LogP contribution in [0.15, 0.2) is 0 Å².